The molecule has 0 aromatic heterocycles. The summed E-state index contributed by atoms with van der Waals surface area (Å²) in [5.41, 5.74) is 3.15. The largest absolute Gasteiger partial charge is 0.465 e. The normalized spacial score (nSPS) is 13.8. The summed E-state index contributed by atoms with van der Waals surface area (Å²) in [4.78, 5) is 23.2. The number of hydrogen-bond acceptors (Lipinski definition) is 4. The first-order valence-electron chi connectivity index (χ1n) is 13.7. The molecule has 0 saturated heterocycles. The third-order valence-electron chi connectivity index (χ3n) is 8.51. The van der Waals surface area contributed by atoms with E-state index in [1.807, 2.05) is 30.3 Å². The molecule has 0 fully saturated rings. The summed E-state index contributed by atoms with van der Waals surface area (Å²) >= 11 is 1.26. The maximum atomic E-state index is 11.8. The lowest BCUT2D eigenvalue weighted by molar-refractivity contribution is -0.109. The van der Waals surface area contributed by atoms with Gasteiger partial charge in [-0.2, -0.15) is 0 Å². The molecule has 2 aromatic carbocycles. The van der Waals surface area contributed by atoms with Crippen molar-refractivity contribution in [1.29, 1.82) is 0 Å². The van der Waals surface area contributed by atoms with Crippen LogP contribution in [0.1, 0.15) is 64.2 Å². The van der Waals surface area contributed by atoms with Crippen LogP contribution >= 0.6 is 11.8 Å². The second-order valence-corrected chi connectivity index (χ2v) is 17.5. The van der Waals surface area contributed by atoms with E-state index >= 15 is 0 Å². The molecular weight excluding hydrogens is 510 g/mol. The molecule has 2 rings (SSSR count). The molecule has 0 aliphatic heterocycles. The minimum Gasteiger partial charge on any atom is -0.465 e. The molecular formula is C31H47NO4SSi. The van der Waals surface area contributed by atoms with Crippen molar-refractivity contribution in [2.24, 2.45) is 5.92 Å². The molecule has 210 valence electrons. The van der Waals surface area contributed by atoms with Crippen LogP contribution in [0.15, 0.2) is 54.6 Å². The first kappa shape index (κ1) is 32.1. The second kappa shape index (κ2) is 14.3. The predicted molar refractivity (Wildman–Crippen MR) is 163 cm³/mol. The first-order valence-corrected chi connectivity index (χ1v) is 17.6. The van der Waals surface area contributed by atoms with Gasteiger partial charge in [0.15, 0.2) is 13.4 Å². The van der Waals surface area contributed by atoms with Crippen LogP contribution in [0.25, 0.3) is 0 Å². The average Bonchev–Trinajstić information content (AvgIpc) is 2.86. The highest BCUT2D eigenvalue weighted by atomic mass is 32.2. The van der Waals surface area contributed by atoms with E-state index in [0.717, 1.165) is 37.9 Å². The van der Waals surface area contributed by atoms with Gasteiger partial charge in [-0.25, -0.2) is 4.79 Å². The van der Waals surface area contributed by atoms with Crippen LogP contribution in [0.2, 0.25) is 18.1 Å². The van der Waals surface area contributed by atoms with Crippen LogP contribution in [0.3, 0.4) is 0 Å². The lowest BCUT2D eigenvalue weighted by Gasteiger charge is -2.42. The van der Waals surface area contributed by atoms with E-state index in [2.05, 4.69) is 70.4 Å². The van der Waals surface area contributed by atoms with E-state index in [-0.39, 0.29) is 16.7 Å². The van der Waals surface area contributed by atoms with E-state index in [1.165, 1.54) is 22.9 Å². The van der Waals surface area contributed by atoms with Crippen LogP contribution in [-0.4, -0.2) is 43.5 Å². The number of amides is 1. The number of carbonyl (C=O) groups is 2. The molecule has 0 bridgehead atoms. The summed E-state index contributed by atoms with van der Waals surface area (Å²) in [6.45, 7) is 16.5. The minimum absolute atomic E-state index is 0.0408. The van der Waals surface area contributed by atoms with Gasteiger partial charge in [0.25, 0.3) is 0 Å². The van der Waals surface area contributed by atoms with Gasteiger partial charge in [-0.05, 0) is 66.4 Å². The molecule has 0 spiro atoms. The maximum Gasteiger partial charge on any atom is 0.404 e. The number of thioether (sulfide) groups is 1. The predicted octanol–water partition coefficient (Wildman–Crippen LogP) is 7.70. The molecule has 0 saturated carbocycles. The van der Waals surface area contributed by atoms with Gasteiger partial charge in [-0.15, -0.1) is 0 Å². The smallest absolute Gasteiger partial charge is 0.404 e. The number of carboxylic acid groups (broad SMARTS) is 1. The number of rotatable bonds is 15. The number of hydrogen-bond donors (Lipinski definition) is 2. The van der Waals surface area contributed by atoms with Gasteiger partial charge in [0, 0.05) is 31.2 Å². The Hall–Kier alpha value is -2.09. The molecule has 0 aliphatic rings. The quantitative estimate of drug-likeness (QED) is 0.220. The van der Waals surface area contributed by atoms with Crippen molar-refractivity contribution >= 4 is 31.3 Å². The fourth-order valence-electron chi connectivity index (χ4n) is 4.63. The summed E-state index contributed by atoms with van der Waals surface area (Å²) in [5.74, 6) is 1.13. The van der Waals surface area contributed by atoms with Crippen LogP contribution in [0, 0.1) is 5.92 Å². The Bertz CT molecular complexity index is 1000. The van der Waals surface area contributed by atoms with Crippen LogP contribution in [-0.2, 0) is 27.5 Å². The summed E-state index contributed by atoms with van der Waals surface area (Å²) in [5, 5.41) is 12.2. The molecule has 7 heteroatoms. The molecule has 1 atom stereocenters. The monoisotopic (exact) mass is 557 g/mol. The molecule has 2 N–H and O–H groups in total. The van der Waals surface area contributed by atoms with E-state index in [0.29, 0.717) is 11.7 Å². The minimum atomic E-state index is -1.82. The number of carbonyl (C=O) groups excluding carboxylic acids is 1. The first-order chi connectivity index (χ1) is 17.8. The van der Waals surface area contributed by atoms with Crippen LogP contribution in [0.4, 0.5) is 4.79 Å². The Labute approximate surface area is 235 Å². The highest BCUT2D eigenvalue weighted by molar-refractivity contribution is 8.13. The van der Waals surface area contributed by atoms with Crippen LogP contribution < -0.4 is 5.32 Å². The number of benzene rings is 2. The van der Waals surface area contributed by atoms with Gasteiger partial charge in [-0.3, -0.25) is 4.79 Å². The van der Waals surface area contributed by atoms with Crippen LogP contribution in [0.5, 0.6) is 0 Å². The van der Waals surface area contributed by atoms with E-state index < -0.39 is 19.8 Å². The zero-order chi connectivity index (χ0) is 28.4. The Morgan fingerprint density at radius 3 is 2.11 bits per heavy atom. The standard InChI is InChI=1S/C31H47NO4SSi/c1-24(2)30(4,5)38(6,7)36-21-19-27-17-15-26(16-18-27)12-11-20-31(22-32-29(34)35,23-37-25(3)33)28-13-9-8-10-14-28/h8-10,13-18,24,32H,11-12,19-23H2,1-7H3,(H,34,35). The van der Waals surface area contributed by atoms with Crippen molar-refractivity contribution < 1.29 is 19.1 Å². The highest BCUT2D eigenvalue weighted by Gasteiger charge is 2.43. The van der Waals surface area contributed by atoms with Crippen molar-refractivity contribution in [2.75, 3.05) is 18.9 Å². The van der Waals surface area contributed by atoms with Gasteiger partial charge in [0.2, 0.25) is 0 Å². The molecule has 38 heavy (non-hydrogen) atoms. The SMILES string of the molecule is CC(=O)SCC(CCCc1ccc(CCO[Si](C)(C)C(C)(C)C(C)C)cc1)(CNC(=O)O)c1ccccc1. The molecule has 5 nitrogen and oxygen atoms in total. The second-order valence-electron chi connectivity index (χ2n) is 11.7. The molecule has 0 heterocycles. The van der Waals surface area contributed by atoms with Gasteiger partial charge < -0.3 is 14.8 Å². The molecule has 2 aromatic rings. The highest BCUT2D eigenvalue weighted by Crippen LogP contribution is 2.44. The number of nitrogens with one attached hydrogen (secondary N) is 1. The number of aryl methyl sites for hydroxylation is 1. The molecule has 0 radical (unpaired) electrons. The zero-order valence-electron chi connectivity index (χ0n) is 24.3. The topological polar surface area (TPSA) is 75.6 Å². The van der Waals surface area contributed by atoms with Crippen molar-refractivity contribution in [1.82, 2.24) is 5.32 Å². The van der Waals surface area contributed by atoms with E-state index in [1.54, 1.807) is 6.92 Å². The lowest BCUT2D eigenvalue weighted by Crippen LogP contribution is -2.45. The lowest BCUT2D eigenvalue weighted by atomic mass is 9.77. The molecule has 1 unspecified atom stereocenters. The Morgan fingerprint density at radius 1 is 1.00 bits per heavy atom. The third-order valence-corrected chi connectivity index (χ3v) is 14.2. The van der Waals surface area contributed by atoms with E-state index in [9.17, 15) is 14.7 Å². The van der Waals surface area contributed by atoms with Gasteiger partial charge in [0.05, 0.1) is 0 Å². The third kappa shape index (κ3) is 9.28. The van der Waals surface area contributed by atoms with E-state index in [4.69, 9.17) is 4.43 Å². The molecule has 1 amide bonds. The van der Waals surface area contributed by atoms with Crippen molar-refractivity contribution in [3.63, 3.8) is 0 Å². The fourth-order valence-corrected chi connectivity index (χ4v) is 7.89. The van der Waals surface area contributed by atoms with Gasteiger partial charge in [-0.1, -0.05) is 94.1 Å². The summed E-state index contributed by atoms with van der Waals surface area (Å²) in [6.07, 6.45) is 2.42. The van der Waals surface area contributed by atoms with Gasteiger partial charge in [0.1, 0.15) is 0 Å². The van der Waals surface area contributed by atoms with Crippen molar-refractivity contribution in [2.45, 2.75) is 83.8 Å². The zero-order valence-corrected chi connectivity index (χ0v) is 26.1. The fraction of sp³-hybridized carbons (Fsp3) is 0.548. The Balaban J connectivity index is 2.02. The summed E-state index contributed by atoms with van der Waals surface area (Å²) in [7, 11) is -1.82. The molecule has 0 aliphatic carbocycles. The average molecular weight is 558 g/mol. The van der Waals surface area contributed by atoms with Gasteiger partial charge >= 0.3 is 6.09 Å². The van der Waals surface area contributed by atoms with Crippen molar-refractivity contribution in [3.05, 3.63) is 71.3 Å². The maximum absolute atomic E-state index is 11.8. The Morgan fingerprint density at radius 2 is 1.58 bits per heavy atom. The summed E-state index contributed by atoms with van der Waals surface area (Å²) in [6, 6.07) is 18.8. The summed E-state index contributed by atoms with van der Waals surface area (Å²) < 4.78 is 6.48. The Kier molecular flexibility index (Phi) is 12.1. The van der Waals surface area contributed by atoms with Crippen molar-refractivity contribution in [3.8, 4) is 0 Å².